The van der Waals surface area contributed by atoms with Gasteiger partial charge >= 0.3 is 0 Å². The first-order valence-corrected chi connectivity index (χ1v) is 9.12. The van der Waals surface area contributed by atoms with Gasteiger partial charge in [-0.1, -0.05) is 74.9 Å². The summed E-state index contributed by atoms with van der Waals surface area (Å²) in [5.74, 6) is 2.20. The van der Waals surface area contributed by atoms with Crippen molar-refractivity contribution in [2.75, 3.05) is 0 Å². The minimum atomic E-state index is 1.26. The van der Waals surface area contributed by atoms with E-state index in [-0.39, 0.29) is 0 Å². The molecule has 0 aliphatic rings. The molecule has 0 atom stereocenters. The maximum Gasteiger partial charge on any atom is 0.00966 e. The molecule has 0 bridgehead atoms. The molecule has 0 saturated carbocycles. The van der Waals surface area contributed by atoms with Crippen molar-refractivity contribution < 1.29 is 0 Å². The van der Waals surface area contributed by atoms with Crippen molar-refractivity contribution in [3.05, 3.63) is 90.7 Å². The zero-order valence-corrected chi connectivity index (χ0v) is 14.0. The second-order valence-corrected chi connectivity index (χ2v) is 7.14. The van der Waals surface area contributed by atoms with Gasteiger partial charge in [0.15, 0.2) is 0 Å². The molecule has 0 amide bonds. The van der Waals surface area contributed by atoms with Crippen LogP contribution < -0.4 is 0 Å². The number of fused-ring (bicyclic) bond motifs is 4. The fourth-order valence-electron chi connectivity index (χ4n) is 3.54. The highest BCUT2D eigenvalue weighted by molar-refractivity contribution is 7.33. The van der Waals surface area contributed by atoms with Gasteiger partial charge < -0.3 is 0 Å². The Morgan fingerprint density at radius 1 is 0.542 bits per heavy atom. The Balaban J connectivity index is 1.97. The van der Waals surface area contributed by atoms with E-state index >= 15 is 0 Å². The van der Waals surface area contributed by atoms with Crippen LogP contribution in [0.5, 0.6) is 0 Å². The summed E-state index contributed by atoms with van der Waals surface area (Å²) in [6.45, 7) is 0. The van der Waals surface area contributed by atoms with Crippen LogP contribution in [0.25, 0.3) is 43.2 Å². The smallest absolute Gasteiger partial charge is 0.00966 e. The van der Waals surface area contributed by atoms with Gasteiger partial charge in [0.25, 0.3) is 0 Å². The van der Waals surface area contributed by atoms with Crippen LogP contribution in [-0.4, -0.2) is 0 Å². The third-order valence-electron chi connectivity index (χ3n) is 4.67. The molecule has 0 aliphatic carbocycles. The van der Waals surface area contributed by atoms with Gasteiger partial charge in [-0.25, -0.2) is 0 Å². The van der Waals surface area contributed by atoms with Crippen molar-refractivity contribution in [2.24, 2.45) is 0 Å². The van der Waals surface area contributed by atoms with Gasteiger partial charge in [-0.05, 0) is 61.9 Å². The van der Waals surface area contributed by atoms with E-state index in [1.165, 1.54) is 51.4 Å². The molecule has 0 aliphatic heterocycles. The number of rotatable bonds is 1. The lowest BCUT2D eigenvalue weighted by Crippen LogP contribution is -1.83. The van der Waals surface area contributed by atoms with Crippen LogP contribution in [0.15, 0.2) is 90.7 Å². The van der Waals surface area contributed by atoms with Crippen LogP contribution in [0.2, 0.25) is 0 Å². The summed E-state index contributed by atoms with van der Waals surface area (Å²) in [6.07, 6.45) is 0. The molecular weight excluding hydrogens is 307 g/mol. The van der Waals surface area contributed by atoms with Crippen LogP contribution in [-0.2, 0) is 0 Å². The van der Waals surface area contributed by atoms with E-state index in [2.05, 4.69) is 90.7 Å². The van der Waals surface area contributed by atoms with Gasteiger partial charge in [-0.2, -0.15) is 0 Å². The maximum atomic E-state index is 2.34. The molecule has 1 heteroatoms. The van der Waals surface area contributed by atoms with Crippen molar-refractivity contribution >= 4 is 40.5 Å². The average Bonchev–Trinajstić information content (AvgIpc) is 2.66. The van der Waals surface area contributed by atoms with Crippen molar-refractivity contribution in [3.63, 3.8) is 0 Å². The molecular formula is C23H15P. The van der Waals surface area contributed by atoms with Gasteiger partial charge in [-0.15, -0.1) is 0 Å². The highest BCUT2D eigenvalue weighted by Gasteiger charge is 2.08. The van der Waals surface area contributed by atoms with Crippen molar-refractivity contribution in [1.29, 1.82) is 0 Å². The quantitative estimate of drug-likeness (QED) is 0.223. The molecule has 5 rings (SSSR count). The Labute approximate surface area is 142 Å². The monoisotopic (exact) mass is 322 g/mol. The number of hydrogen-bond acceptors (Lipinski definition) is 0. The molecule has 0 fully saturated rings. The predicted octanol–water partition coefficient (Wildman–Crippen LogP) is 7.39. The van der Waals surface area contributed by atoms with Crippen LogP contribution in [0.4, 0.5) is 0 Å². The molecule has 4 aromatic carbocycles. The lowest BCUT2D eigenvalue weighted by atomic mass is 9.95. The van der Waals surface area contributed by atoms with Crippen LogP contribution >= 0.6 is 8.19 Å². The third-order valence-corrected chi connectivity index (χ3v) is 5.66. The topological polar surface area (TPSA) is 0 Å². The van der Waals surface area contributed by atoms with Gasteiger partial charge in [-0.3, -0.25) is 0 Å². The van der Waals surface area contributed by atoms with Crippen LogP contribution in [0.1, 0.15) is 0 Å². The summed E-state index contributed by atoms with van der Waals surface area (Å²) in [4.78, 5) is 0. The van der Waals surface area contributed by atoms with Gasteiger partial charge in [0, 0.05) is 5.30 Å². The second-order valence-electron chi connectivity index (χ2n) is 6.10. The first-order chi connectivity index (χ1) is 11.9. The molecule has 112 valence electrons. The largest absolute Gasteiger partial charge is 0.0678 e. The molecule has 0 spiro atoms. The molecule has 1 heterocycles. The summed E-state index contributed by atoms with van der Waals surface area (Å²) < 4.78 is 0. The molecule has 0 radical (unpaired) electrons. The van der Waals surface area contributed by atoms with Crippen molar-refractivity contribution in [1.82, 2.24) is 0 Å². The normalized spacial score (nSPS) is 11.7. The molecule has 0 saturated heterocycles. The fourth-order valence-corrected chi connectivity index (χ4v) is 4.38. The lowest BCUT2D eigenvalue weighted by Gasteiger charge is -2.11. The Morgan fingerprint density at radius 2 is 1.29 bits per heavy atom. The van der Waals surface area contributed by atoms with Gasteiger partial charge in [0.1, 0.15) is 0 Å². The summed E-state index contributed by atoms with van der Waals surface area (Å²) >= 11 is 0. The predicted molar refractivity (Wildman–Crippen MR) is 107 cm³/mol. The summed E-state index contributed by atoms with van der Waals surface area (Å²) in [5, 5.41) is 9.28. The Hall–Kier alpha value is -2.69. The standard InChI is InChI=1S/C23H15P/c1-2-7-18-15-21-19(14-17(18)6-1)12-11-16-8-5-9-20(23(16)21)22-10-3-4-13-24-22/h1-15H. The minimum absolute atomic E-state index is 1.26. The molecule has 0 unspecified atom stereocenters. The summed E-state index contributed by atoms with van der Waals surface area (Å²) in [6, 6.07) is 30.9. The van der Waals surface area contributed by atoms with Crippen LogP contribution in [0, 0.1) is 0 Å². The first kappa shape index (κ1) is 13.7. The molecule has 5 aromatic rings. The van der Waals surface area contributed by atoms with Gasteiger partial charge in [0.2, 0.25) is 0 Å². The third kappa shape index (κ3) is 2.12. The lowest BCUT2D eigenvalue weighted by molar-refractivity contribution is 1.75. The minimum Gasteiger partial charge on any atom is -0.0678 e. The van der Waals surface area contributed by atoms with E-state index in [9.17, 15) is 0 Å². The van der Waals surface area contributed by atoms with Crippen molar-refractivity contribution in [3.8, 4) is 10.9 Å². The van der Waals surface area contributed by atoms with E-state index in [4.69, 9.17) is 0 Å². The fraction of sp³-hybridized carbons (Fsp3) is 0. The molecule has 24 heavy (non-hydrogen) atoms. The Bertz CT molecular complexity index is 1190. The van der Waals surface area contributed by atoms with E-state index in [0.29, 0.717) is 0 Å². The Kier molecular flexibility index (Phi) is 3.11. The maximum absolute atomic E-state index is 2.34. The molecule has 1 aromatic heterocycles. The van der Waals surface area contributed by atoms with Gasteiger partial charge in [0.05, 0.1) is 0 Å². The van der Waals surface area contributed by atoms with E-state index in [0.717, 1.165) is 0 Å². The van der Waals surface area contributed by atoms with Crippen LogP contribution in [0.3, 0.4) is 0 Å². The van der Waals surface area contributed by atoms with Crippen molar-refractivity contribution in [2.45, 2.75) is 0 Å². The first-order valence-electron chi connectivity index (χ1n) is 8.16. The zero-order valence-electron chi connectivity index (χ0n) is 13.1. The van der Waals surface area contributed by atoms with E-state index in [1.807, 2.05) is 0 Å². The summed E-state index contributed by atoms with van der Waals surface area (Å²) in [5.41, 5.74) is 1.34. The van der Waals surface area contributed by atoms with E-state index < -0.39 is 0 Å². The zero-order chi connectivity index (χ0) is 15.9. The summed E-state index contributed by atoms with van der Waals surface area (Å²) in [7, 11) is 1.26. The highest BCUT2D eigenvalue weighted by Crippen LogP contribution is 2.38. The molecule has 0 nitrogen and oxygen atoms in total. The van der Waals surface area contributed by atoms with E-state index in [1.54, 1.807) is 0 Å². The molecule has 0 N–H and O–H groups in total. The Morgan fingerprint density at radius 3 is 2.12 bits per heavy atom. The number of hydrogen-bond donors (Lipinski definition) is 0. The highest BCUT2D eigenvalue weighted by atomic mass is 31.0. The second kappa shape index (κ2) is 5.44. The SMILES string of the molecule is c1ccc(-c2cccc3ccc4cc5ccccc5cc4c23)pc1. The average molecular weight is 322 g/mol. The number of benzene rings is 4.